The summed E-state index contributed by atoms with van der Waals surface area (Å²) in [4.78, 5) is 24.3. The van der Waals surface area contributed by atoms with Crippen LogP contribution in [0.3, 0.4) is 0 Å². The van der Waals surface area contributed by atoms with Gasteiger partial charge in [0.2, 0.25) is 0 Å². The van der Waals surface area contributed by atoms with Crippen LogP contribution in [-0.4, -0.2) is 27.0 Å². The van der Waals surface area contributed by atoms with E-state index in [1.54, 1.807) is 31.2 Å². The molecule has 1 heterocycles. The average molecular weight is 430 g/mol. The predicted molar refractivity (Wildman–Crippen MR) is 109 cm³/mol. The molecule has 1 aliphatic heterocycles. The standard InChI is InChI=1S/C21H22N2O6S/c1-4-28-20(24)18-14(3)22-21(25)23-19(18)15-7-9-16(10-8-15)29-30(26,27)17-11-5-13(2)6-12-17/h5-12,18-19H,3-4H2,1-2H3,(H2,22,23,25)/t18-,19+/m0/s1. The molecule has 0 unspecified atom stereocenters. The van der Waals surface area contributed by atoms with Gasteiger partial charge in [0.05, 0.1) is 12.6 Å². The van der Waals surface area contributed by atoms with Gasteiger partial charge in [-0.15, -0.1) is 0 Å². The molecule has 3 rings (SSSR count). The minimum atomic E-state index is -3.98. The van der Waals surface area contributed by atoms with Crippen molar-refractivity contribution < 1.29 is 26.9 Å². The summed E-state index contributed by atoms with van der Waals surface area (Å²) < 4.78 is 35.2. The number of benzene rings is 2. The minimum Gasteiger partial charge on any atom is -0.465 e. The zero-order valence-corrected chi connectivity index (χ0v) is 17.4. The SMILES string of the molecule is C=C1NC(=O)N[C@H](c2ccc(OS(=O)(=O)c3ccc(C)cc3)cc2)[C@H]1C(=O)OCC. The van der Waals surface area contributed by atoms with Crippen LogP contribution in [0, 0.1) is 12.8 Å². The lowest BCUT2D eigenvalue weighted by atomic mass is 9.89. The zero-order chi connectivity index (χ0) is 21.9. The van der Waals surface area contributed by atoms with Crippen LogP contribution in [0.4, 0.5) is 4.79 Å². The number of urea groups is 1. The van der Waals surface area contributed by atoms with Crippen LogP contribution in [0.1, 0.15) is 24.1 Å². The molecule has 0 radical (unpaired) electrons. The molecule has 1 fully saturated rings. The predicted octanol–water partition coefficient (Wildman–Crippen LogP) is 2.81. The van der Waals surface area contributed by atoms with Crippen molar-refractivity contribution in [1.82, 2.24) is 10.6 Å². The van der Waals surface area contributed by atoms with Gasteiger partial charge in [-0.05, 0) is 43.7 Å². The molecule has 0 aliphatic carbocycles. The summed E-state index contributed by atoms with van der Waals surface area (Å²) in [6.45, 7) is 7.48. The normalized spacial score (nSPS) is 18.9. The van der Waals surface area contributed by atoms with E-state index in [2.05, 4.69) is 17.2 Å². The van der Waals surface area contributed by atoms with Crippen LogP contribution >= 0.6 is 0 Å². The first-order valence-corrected chi connectivity index (χ1v) is 10.7. The van der Waals surface area contributed by atoms with E-state index in [1.807, 2.05) is 6.92 Å². The number of ether oxygens (including phenoxy) is 1. The second kappa shape index (κ2) is 8.58. The Morgan fingerprint density at radius 1 is 1.10 bits per heavy atom. The van der Waals surface area contributed by atoms with E-state index in [1.165, 1.54) is 24.3 Å². The molecule has 9 heteroatoms. The van der Waals surface area contributed by atoms with Crippen molar-refractivity contribution in [2.24, 2.45) is 5.92 Å². The molecule has 0 spiro atoms. The van der Waals surface area contributed by atoms with Crippen molar-refractivity contribution in [3.8, 4) is 5.75 Å². The van der Waals surface area contributed by atoms with Gasteiger partial charge in [-0.25, -0.2) is 4.79 Å². The fourth-order valence-electron chi connectivity index (χ4n) is 3.08. The molecule has 8 nitrogen and oxygen atoms in total. The third-order valence-electron chi connectivity index (χ3n) is 4.56. The lowest BCUT2D eigenvalue weighted by Gasteiger charge is -2.33. The number of aryl methyl sites for hydroxylation is 1. The first-order valence-electron chi connectivity index (χ1n) is 9.25. The Morgan fingerprint density at radius 3 is 2.33 bits per heavy atom. The van der Waals surface area contributed by atoms with E-state index in [0.29, 0.717) is 5.56 Å². The second-order valence-corrected chi connectivity index (χ2v) is 8.30. The van der Waals surface area contributed by atoms with Crippen LogP contribution < -0.4 is 14.8 Å². The lowest BCUT2D eigenvalue weighted by molar-refractivity contribution is -0.147. The molecule has 2 amide bonds. The first kappa shape index (κ1) is 21.4. The van der Waals surface area contributed by atoms with Crippen LogP contribution in [0.2, 0.25) is 0 Å². The highest BCUT2D eigenvalue weighted by Crippen LogP contribution is 2.31. The lowest BCUT2D eigenvalue weighted by Crippen LogP contribution is -2.51. The van der Waals surface area contributed by atoms with Crippen molar-refractivity contribution in [2.75, 3.05) is 6.61 Å². The smallest absolute Gasteiger partial charge is 0.339 e. The van der Waals surface area contributed by atoms with Gasteiger partial charge in [-0.1, -0.05) is 36.4 Å². The van der Waals surface area contributed by atoms with Gasteiger partial charge in [0.1, 0.15) is 16.6 Å². The number of hydrogen-bond acceptors (Lipinski definition) is 6. The monoisotopic (exact) mass is 430 g/mol. The number of nitrogens with one attached hydrogen (secondary N) is 2. The highest BCUT2D eigenvalue weighted by molar-refractivity contribution is 7.87. The van der Waals surface area contributed by atoms with Crippen molar-refractivity contribution in [2.45, 2.75) is 24.8 Å². The van der Waals surface area contributed by atoms with E-state index in [-0.39, 0.29) is 22.9 Å². The Balaban J connectivity index is 1.82. The number of carbonyl (C=O) groups is 2. The van der Waals surface area contributed by atoms with Gasteiger partial charge in [-0.2, -0.15) is 8.42 Å². The van der Waals surface area contributed by atoms with E-state index in [0.717, 1.165) is 5.56 Å². The zero-order valence-electron chi connectivity index (χ0n) is 16.5. The van der Waals surface area contributed by atoms with Crippen molar-refractivity contribution in [1.29, 1.82) is 0 Å². The highest BCUT2D eigenvalue weighted by Gasteiger charge is 2.38. The molecule has 0 saturated carbocycles. The maximum absolute atomic E-state index is 12.4. The molecule has 0 bridgehead atoms. The maximum atomic E-state index is 12.4. The van der Waals surface area contributed by atoms with E-state index in [4.69, 9.17) is 8.92 Å². The van der Waals surface area contributed by atoms with E-state index < -0.39 is 34.1 Å². The molecular weight excluding hydrogens is 408 g/mol. The van der Waals surface area contributed by atoms with E-state index >= 15 is 0 Å². The largest absolute Gasteiger partial charge is 0.465 e. The molecule has 30 heavy (non-hydrogen) atoms. The Labute approximate surface area is 175 Å². The number of hydrogen-bond donors (Lipinski definition) is 2. The Bertz CT molecular complexity index is 1060. The third-order valence-corrected chi connectivity index (χ3v) is 5.83. The molecule has 1 saturated heterocycles. The van der Waals surface area contributed by atoms with Gasteiger partial charge >= 0.3 is 22.1 Å². The number of amides is 2. The van der Waals surface area contributed by atoms with Crippen molar-refractivity contribution >= 4 is 22.1 Å². The van der Waals surface area contributed by atoms with Crippen LogP contribution in [0.5, 0.6) is 5.75 Å². The van der Waals surface area contributed by atoms with Crippen LogP contribution in [0.25, 0.3) is 0 Å². The highest BCUT2D eigenvalue weighted by atomic mass is 32.2. The summed E-state index contributed by atoms with van der Waals surface area (Å²) in [5.41, 5.74) is 1.73. The van der Waals surface area contributed by atoms with Gasteiger partial charge < -0.3 is 19.6 Å². The summed E-state index contributed by atoms with van der Waals surface area (Å²) in [6.07, 6.45) is 0. The van der Waals surface area contributed by atoms with Gasteiger partial charge in [0.25, 0.3) is 0 Å². The van der Waals surface area contributed by atoms with Crippen molar-refractivity contribution in [3.05, 3.63) is 71.9 Å². The molecule has 2 aromatic rings. The fraction of sp³-hybridized carbons (Fsp3) is 0.238. The number of esters is 1. The van der Waals surface area contributed by atoms with Gasteiger partial charge in [0.15, 0.2) is 0 Å². The van der Waals surface area contributed by atoms with Gasteiger partial charge in [0, 0.05) is 5.70 Å². The first-order chi connectivity index (χ1) is 14.2. The number of carbonyl (C=O) groups excluding carboxylic acids is 2. The van der Waals surface area contributed by atoms with Gasteiger partial charge in [-0.3, -0.25) is 4.79 Å². The molecule has 2 atom stereocenters. The molecule has 2 aromatic carbocycles. The Hall–Kier alpha value is -3.33. The summed E-state index contributed by atoms with van der Waals surface area (Å²) in [6, 6.07) is 11.2. The molecule has 158 valence electrons. The summed E-state index contributed by atoms with van der Waals surface area (Å²) in [5.74, 6) is -1.25. The van der Waals surface area contributed by atoms with Crippen LogP contribution in [-0.2, 0) is 19.6 Å². The average Bonchev–Trinajstić information content (AvgIpc) is 2.68. The second-order valence-electron chi connectivity index (χ2n) is 6.75. The molecule has 1 aliphatic rings. The fourth-order valence-corrected chi connectivity index (χ4v) is 4.01. The van der Waals surface area contributed by atoms with E-state index in [9.17, 15) is 18.0 Å². The minimum absolute atomic E-state index is 0.0430. The molecule has 0 aromatic heterocycles. The Kier molecular flexibility index (Phi) is 6.12. The van der Waals surface area contributed by atoms with Crippen molar-refractivity contribution in [3.63, 3.8) is 0 Å². The molecule has 2 N–H and O–H groups in total. The summed E-state index contributed by atoms with van der Waals surface area (Å²) >= 11 is 0. The van der Waals surface area contributed by atoms with Crippen LogP contribution in [0.15, 0.2) is 65.7 Å². The quantitative estimate of drug-likeness (QED) is 0.539. The topological polar surface area (TPSA) is 111 Å². The maximum Gasteiger partial charge on any atom is 0.339 e. The summed E-state index contributed by atoms with van der Waals surface area (Å²) in [7, 11) is -3.98. The Morgan fingerprint density at radius 2 is 1.73 bits per heavy atom. The number of rotatable bonds is 6. The third kappa shape index (κ3) is 4.62. The summed E-state index contributed by atoms with van der Waals surface area (Å²) in [5, 5.41) is 5.16. The molecular formula is C21H22N2O6S.